The van der Waals surface area contributed by atoms with Gasteiger partial charge in [0.25, 0.3) is 0 Å². The molecule has 3 heteroatoms. The zero-order chi connectivity index (χ0) is 14.5. The molecule has 1 aliphatic rings. The third-order valence-electron chi connectivity index (χ3n) is 3.99. The second kappa shape index (κ2) is 6.72. The Bertz CT molecular complexity index is 583. The highest BCUT2D eigenvalue weighted by molar-refractivity contribution is 5.45. The minimum absolute atomic E-state index is 0.324. The van der Waals surface area contributed by atoms with Crippen LogP contribution in [0.5, 0.6) is 5.75 Å². The molecule has 1 N–H and O–H groups in total. The molecular formula is C18H22N2O. The maximum Gasteiger partial charge on any atom is 0.127 e. The zero-order valence-electron chi connectivity index (χ0n) is 12.5. The van der Waals surface area contributed by atoms with Gasteiger partial charge in [-0.1, -0.05) is 31.2 Å². The summed E-state index contributed by atoms with van der Waals surface area (Å²) in [5, 5.41) is 3.59. The van der Waals surface area contributed by atoms with Crippen LogP contribution in [0.15, 0.2) is 42.6 Å². The largest absolute Gasteiger partial charge is 0.493 e. The van der Waals surface area contributed by atoms with Crippen molar-refractivity contribution in [1.29, 1.82) is 0 Å². The van der Waals surface area contributed by atoms with Gasteiger partial charge < -0.3 is 10.1 Å². The van der Waals surface area contributed by atoms with Crippen molar-refractivity contribution in [2.75, 3.05) is 13.2 Å². The molecule has 0 radical (unpaired) electrons. The smallest absolute Gasteiger partial charge is 0.127 e. The summed E-state index contributed by atoms with van der Waals surface area (Å²) in [6, 6.07) is 12.9. The van der Waals surface area contributed by atoms with E-state index in [-0.39, 0.29) is 0 Å². The lowest BCUT2D eigenvalue weighted by Gasteiger charge is -2.20. The molecule has 2 heterocycles. The highest BCUT2D eigenvalue weighted by Gasteiger charge is 2.21. The third kappa shape index (κ3) is 3.24. The van der Waals surface area contributed by atoms with Crippen LogP contribution in [0.2, 0.25) is 0 Å². The number of rotatable bonds is 6. The molecule has 1 aliphatic heterocycles. The Morgan fingerprint density at radius 3 is 3.00 bits per heavy atom. The average Bonchev–Trinajstić information content (AvgIpc) is 3.01. The fraction of sp³-hybridized carbons (Fsp3) is 0.389. The van der Waals surface area contributed by atoms with Crippen molar-refractivity contribution in [2.45, 2.75) is 32.2 Å². The number of aryl methyl sites for hydroxylation is 1. The second-order valence-corrected chi connectivity index (χ2v) is 5.40. The van der Waals surface area contributed by atoms with E-state index in [0.29, 0.717) is 6.04 Å². The van der Waals surface area contributed by atoms with E-state index in [9.17, 15) is 0 Å². The fourth-order valence-corrected chi connectivity index (χ4v) is 2.97. The Balaban J connectivity index is 1.77. The van der Waals surface area contributed by atoms with Gasteiger partial charge in [0.1, 0.15) is 5.75 Å². The van der Waals surface area contributed by atoms with Crippen LogP contribution in [0.4, 0.5) is 0 Å². The Labute approximate surface area is 126 Å². The molecule has 1 unspecified atom stereocenters. The first-order chi connectivity index (χ1) is 10.4. The van der Waals surface area contributed by atoms with Crippen LogP contribution in [0.25, 0.3) is 0 Å². The minimum Gasteiger partial charge on any atom is -0.493 e. The predicted octanol–water partition coefficient (Wildman–Crippen LogP) is 3.30. The lowest BCUT2D eigenvalue weighted by Crippen LogP contribution is -2.22. The SMILES string of the molecule is CCNC(CCc1ccccn1)c1cccc2c1OCC2. The predicted molar refractivity (Wildman–Crippen MR) is 84.6 cm³/mol. The molecular weight excluding hydrogens is 260 g/mol. The van der Waals surface area contributed by atoms with E-state index in [4.69, 9.17) is 4.74 Å². The van der Waals surface area contributed by atoms with Crippen LogP contribution >= 0.6 is 0 Å². The van der Waals surface area contributed by atoms with E-state index >= 15 is 0 Å². The molecule has 1 aromatic heterocycles. The summed E-state index contributed by atoms with van der Waals surface area (Å²) in [6.45, 7) is 3.92. The summed E-state index contributed by atoms with van der Waals surface area (Å²) in [5.41, 5.74) is 3.78. The molecule has 2 aromatic rings. The van der Waals surface area contributed by atoms with Crippen LogP contribution in [-0.4, -0.2) is 18.1 Å². The van der Waals surface area contributed by atoms with Crippen LogP contribution in [0.1, 0.15) is 36.2 Å². The highest BCUT2D eigenvalue weighted by atomic mass is 16.5. The lowest BCUT2D eigenvalue weighted by molar-refractivity contribution is 0.347. The molecule has 0 saturated heterocycles. The van der Waals surface area contributed by atoms with Crippen molar-refractivity contribution >= 4 is 0 Å². The molecule has 110 valence electrons. The molecule has 21 heavy (non-hydrogen) atoms. The van der Waals surface area contributed by atoms with E-state index < -0.39 is 0 Å². The minimum atomic E-state index is 0.324. The van der Waals surface area contributed by atoms with Crippen molar-refractivity contribution in [3.63, 3.8) is 0 Å². The summed E-state index contributed by atoms with van der Waals surface area (Å²) >= 11 is 0. The Morgan fingerprint density at radius 2 is 2.19 bits per heavy atom. The molecule has 0 fully saturated rings. The van der Waals surface area contributed by atoms with Gasteiger partial charge in [-0.05, 0) is 37.1 Å². The number of fused-ring (bicyclic) bond motifs is 1. The summed E-state index contributed by atoms with van der Waals surface area (Å²) in [4.78, 5) is 4.42. The van der Waals surface area contributed by atoms with Gasteiger partial charge in [-0.3, -0.25) is 4.98 Å². The lowest BCUT2D eigenvalue weighted by atomic mass is 9.97. The number of pyridine rings is 1. The number of nitrogens with zero attached hydrogens (tertiary/aromatic N) is 1. The van der Waals surface area contributed by atoms with Gasteiger partial charge in [-0.2, -0.15) is 0 Å². The molecule has 1 aromatic carbocycles. The van der Waals surface area contributed by atoms with Crippen molar-refractivity contribution in [2.24, 2.45) is 0 Å². The number of aromatic nitrogens is 1. The van der Waals surface area contributed by atoms with E-state index in [2.05, 4.69) is 41.5 Å². The summed E-state index contributed by atoms with van der Waals surface area (Å²) < 4.78 is 5.85. The van der Waals surface area contributed by atoms with Crippen molar-refractivity contribution in [3.8, 4) is 5.75 Å². The summed E-state index contributed by atoms with van der Waals surface area (Å²) in [6.07, 6.45) is 4.90. The monoisotopic (exact) mass is 282 g/mol. The first kappa shape index (κ1) is 14.1. The third-order valence-corrected chi connectivity index (χ3v) is 3.99. The van der Waals surface area contributed by atoms with E-state index in [1.807, 2.05) is 18.3 Å². The van der Waals surface area contributed by atoms with E-state index in [1.54, 1.807) is 0 Å². The molecule has 3 nitrogen and oxygen atoms in total. The van der Waals surface area contributed by atoms with Gasteiger partial charge in [0.15, 0.2) is 0 Å². The number of hydrogen-bond acceptors (Lipinski definition) is 3. The zero-order valence-corrected chi connectivity index (χ0v) is 12.5. The van der Waals surface area contributed by atoms with Gasteiger partial charge >= 0.3 is 0 Å². The molecule has 0 spiro atoms. The number of ether oxygens (including phenoxy) is 1. The van der Waals surface area contributed by atoms with E-state index in [1.165, 1.54) is 11.1 Å². The number of nitrogens with one attached hydrogen (secondary N) is 1. The molecule has 0 bridgehead atoms. The summed E-state index contributed by atoms with van der Waals surface area (Å²) in [5.74, 6) is 1.10. The first-order valence-corrected chi connectivity index (χ1v) is 7.76. The Kier molecular flexibility index (Phi) is 4.51. The molecule has 0 saturated carbocycles. The van der Waals surface area contributed by atoms with Crippen LogP contribution in [0, 0.1) is 0 Å². The van der Waals surface area contributed by atoms with Gasteiger partial charge in [0, 0.05) is 29.9 Å². The normalized spacial score (nSPS) is 14.5. The number of para-hydroxylation sites is 1. The van der Waals surface area contributed by atoms with Crippen LogP contribution in [0.3, 0.4) is 0 Å². The number of benzene rings is 1. The Hall–Kier alpha value is -1.87. The average molecular weight is 282 g/mol. The van der Waals surface area contributed by atoms with Crippen molar-refractivity contribution in [3.05, 3.63) is 59.4 Å². The molecule has 3 rings (SSSR count). The van der Waals surface area contributed by atoms with Crippen LogP contribution < -0.4 is 10.1 Å². The van der Waals surface area contributed by atoms with Crippen molar-refractivity contribution < 1.29 is 4.74 Å². The quantitative estimate of drug-likeness (QED) is 0.882. The topological polar surface area (TPSA) is 34.2 Å². The number of hydrogen-bond donors (Lipinski definition) is 1. The first-order valence-electron chi connectivity index (χ1n) is 7.76. The highest BCUT2D eigenvalue weighted by Crippen LogP contribution is 2.35. The fourth-order valence-electron chi connectivity index (χ4n) is 2.97. The van der Waals surface area contributed by atoms with Gasteiger partial charge in [0.05, 0.1) is 6.61 Å². The summed E-state index contributed by atoms with van der Waals surface area (Å²) in [7, 11) is 0. The van der Waals surface area contributed by atoms with Gasteiger partial charge in [-0.15, -0.1) is 0 Å². The molecule has 0 aliphatic carbocycles. The maximum absolute atomic E-state index is 5.85. The molecule has 0 amide bonds. The van der Waals surface area contributed by atoms with E-state index in [0.717, 1.165) is 43.9 Å². The standard InChI is InChI=1S/C18H22N2O/c1-2-19-17(10-9-15-7-3-4-12-20-15)16-8-5-6-14-11-13-21-18(14)16/h3-8,12,17,19H,2,9-11,13H2,1H3. The second-order valence-electron chi connectivity index (χ2n) is 5.40. The molecule has 1 atom stereocenters. The van der Waals surface area contributed by atoms with Gasteiger partial charge in [-0.25, -0.2) is 0 Å². The van der Waals surface area contributed by atoms with Crippen LogP contribution in [-0.2, 0) is 12.8 Å². The maximum atomic E-state index is 5.85. The van der Waals surface area contributed by atoms with Crippen molar-refractivity contribution in [1.82, 2.24) is 10.3 Å². The Morgan fingerprint density at radius 1 is 1.24 bits per heavy atom. The van der Waals surface area contributed by atoms with Gasteiger partial charge in [0.2, 0.25) is 0 Å².